The highest BCUT2D eigenvalue weighted by Crippen LogP contribution is 2.13. The minimum atomic E-state index is -0.155. The second-order valence-corrected chi connectivity index (χ2v) is 5.74. The number of aromatic nitrogens is 2. The summed E-state index contributed by atoms with van der Waals surface area (Å²) in [5.74, 6) is 0.457. The summed E-state index contributed by atoms with van der Waals surface area (Å²) in [4.78, 5) is 17.2. The lowest BCUT2D eigenvalue weighted by Gasteiger charge is -2.14. The molecule has 0 bridgehead atoms. The van der Waals surface area contributed by atoms with E-state index in [4.69, 9.17) is 4.74 Å². The van der Waals surface area contributed by atoms with Gasteiger partial charge >= 0.3 is 0 Å². The van der Waals surface area contributed by atoms with Crippen LogP contribution in [0.15, 0.2) is 53.3 Å². The predicted octanol–water partition coefficient (Wildman–Crippen LogP) is 2.15. The molecule has 2 aromatic carbocycles. The van der Waals surface area contributed by atoms with E-state index in [0.717, 1.165) is 11.1 Å². The highest BCUT2D eigenvalue weighted by Gasteiger charge is 2.10. The molecule has 0 radical (unpaired) electrons. The SMILES string of the molecule is COCc1ccc(CNc2nc3ccccc3c(=O)n2CCO)cc1. The Hall–Kier alpha value is -2.70. The van der Waals surface area contributed by atoms with Crippen LogP contribution in [0.5, 0.6) is 0 Å². The Balaban J connectivity index is 1.87. The van der Waals surface area contributed by atoms with Crippen LogP contribution in [0.25, 0.3) is 10.9 Å². The number of methoxy groups -OCH3 is 1. The molecule has 0 unspecified atom stereocenters. The first-order valence-corrected chi connectivity index (χ1v) is 8.14. The molecular formula is C19H21N3O3. The van der Waals surface area contributed by atoms with Gasteiger partial charge in [-0.05, 0) is 23.3 Å². The van der Waals surface area contributed by atoms with E-state index in [1.54, 1.807) is 13.2 Å². The lowest BCUT2D eigenvalue weighted by Crippen LogP contribution is -2.26. The number of fused-ring (bicyclic) bond motifs is 1. The third kappa shape index (κ3) is 3.87. The van der Waals surface area contributed by atoms with Crippen molar-refractivity contribution in [2.24, 2.45) is 0 Å². The molecule has 6 heteroatoms. The van der Waals surface area contributed by atoms with E-state index >= 15 is 0 Å². The van der Waals surface area contributed by atoms with E-state index in [0.29, 0.717) is 30.0 Å². The van der Waals surface area contributed by atoms with Gasteiger partial charge in [-0.2, -0.15) is 0 Å². The van der Waals surface area contributed by atoms with Crippen LogP contribution in [-0.2, 0) is 24.4 Å². The van der Waals surface area contributed by atoms with Gasteiger partial charge in [-0.3, -0.25) is 9.36 Å². The molecule has 130 valence electrons. The standard InChI is InChI=1S/C19H21N3O3/c1-25-13-15-8-6-14(7-9-15)12-20-19-21-17-5-3-2-4-16(17)18(24)22(19)10-11-23/h2-9,23H,10-13H2,1H3,(H,20,21). The number of hydrogen-bond acceptors (Lipinski definition) is 5. The van der Waals surface area contributed by atoms with Crippen LogP contribution in [-0.4, -0.2) is 28.4 Å². The largest absolute Gasteiger partial charge is 0.395 e. The monoisotopic (exact) mass is 339 g/mol. The zero-order valence-electron chi connectivity index (χ0n) is 14.1. The van der Waals surface area contributed by atoms with Gasteiger partial charge in [-0.1, -0.05) is 36.4 Å². The first kappa shape index (κ1) is 17.1. The van der Waals surface area contributed by atoms with Crippen LogP contribution in [0.1, 0.15) is 11.1 Å². The predicted molar refractivity (Wildman–Crippen MR) is 97.6 cm³/mol. The average molecular weight is 339 g/mol. The smallest absolute Gasteiger partial charge is 0.262 e. The molecule has 25 heavy (non-hydrogen) atoms. The van der Waals surface area contributed by atoms with Crippen LogP contribution in [0.2, 0.25) is 0 Å². The summed E-state index contributed by atoms with van der Waals surface area (Å²) in [6.45, 7) is 1.19. The Bertz CT molecular complexity index is 904. The molecule has 2 N–H and O–H groups in total. The van der Waals surface area contributed by atoms with Crippen LogP contribution < -0.4 is 10.9 Å². The summed E-state index contributed by atoms with van der Waals surface area (Å²) in [6, 6.07) is 15.3. The van der Waals surface area contributed by atoms with Crippen molar-refractivity contribution in [1.82, 2.24) is 9.55 Å². The Morgan fingerprint density at radius 2 is 1.84 bits per heavy atom. The van der Waals surface area contributed by atoms with Crippen LogP contribution in [0.4, 0.5) is 5.95 Å². The molecule has 6 nitrogen and oxygen atoms in total. The van der Waals surface area contributed by atoms with Crippen molar-refractivity contribution in [1.29, 1.82) is 0 Å². The van der Waals surface area contributed by atoms with Gasteiger partial charge in [0.25, 0.3) is 5.56 Å². The summed E-state index contributed by atoms with van der Waals surface area (Å²) in [6.07, 6.45) is 0. The number of benzene rings is 2. The van der Waals surface area contributed by atoms with Crippen molar-refractivity contribution < 1.29 is 9.84 Å². The molecule has 1 aromatic heterocycles. The fourth-order valence-electron chi connectivity index (χ4n) is 2.71. The topological polar surface area (TPSA) is 76.4 Å². The fourth-order valence-corrected chi connectivity index (χ4v) is 2.71. The van der Waals surface area contributed by atoms with E-state index in [9.17, 15) is 9.90 Å². The van der Waals surface area contributed by atoms with Gasteiger partial charge in [0.15, 0.2) is 0 Å². The number of ether oxygens (including phenoxy) is 1. The number of anilines is 1. The molecule has 0 aliphatic carbocycles. The third-order valence-electron chi connectivity index (χ3n) is 3.97. The van der Waals surface area contributed by atoms with Gasteiger partial charge in [-0.25, -0.2) is 4.98 Å². The fraction of sp³-hybridized carbons (Fsp3) is 0.263. The molecule has 3 aromatic rings. The Morgan fingerprint density at radius 3 is 2.56 bits per heavy atom. The van der Waals surface area contributed by atoms with Crippen molar-refractivity contribution in [3.63, 3.8) is 0 Å². The summed E-state index contributed by atoms with van der Waals surface area (Å²) in [5, 5.41) is 13.0. The van der Waals surface area contributed by atoms with Crippen molar-refractivity contribution in [2.45, 2.75) is 19.7 Å². The maximum atomic E-state index is 12.6. The number of nitrogens with one attached hydrogen (secondary N) is 1. The van der Waals surface area contributed by atoms with E-state index in [1.165, 1.54) is 4.57 Å². The normalized spacial score (nSPS) is 11.0. The van der Waals surface area contributed by atoms with Crippen molar-refractivity contribution in [3.8, 4) is 0 Å². The van der Waals surface area contributed by atoms with Gasteiger partial charge in [0, 0.05) is 13.7 Å². The van der Waals surface area contributed by atoms with E-state index in [-0.39, 0.29) is 18.7 Å². The molecule has 0 aliphatic heterocycles. The van der Waals surface area contributed by atoms with Crippen LogP contribution in [0, 0.1) is 0 Å². The average Bonchev–Trinajstić information content (AvgIpc) is 2.64. The molecule has 0 fully saturated rings. The molecule has 1 heterocycles. The molecule has 0 saturated heterocycles. The lowest BCUT2D eigenvalue weighted by atomic mass is 10.1. The van der Waals surface area contributed by atoms with Gasteiger partial charge in [0.2, 0.25) is 5.95 Å². The first-order chi connectivity index (χ1) is 12.2. The number of para-hydroxylation sites is 1. The number of hydrogen-bond donors (Lipinski definition) is 2. The van der Waals surface area contributed by atoms with Gasteiger partial charge < -0.3 is 15.2 Å². The van der Waals surface area contributed by atoms with Crippen molar-refractivity contribution in [3.05, 3.63) is 70.0 Å². The number of nitrogens with zero attached hydrogens (tertiary/aromatic N) is 2. The first-order valence-electron chi connectivity index (χ1n) is 8.14. The Labute approximate surface area is 145 Å². The van der Waals surface area contributed by atoms with Gasteiger partial charge in [-0.15, -0.1) is 0 Å². The van der Waals surface area contributed by atoms with Gasteiger partial charge in [0.1, 0.15) is 0 Å². The van der Waals surface area contributed by atoms with Crippen LogP contribution in [0.3, 0.4) is 0 Å². The zero-order chi connectivity index (χ0) is 17.6. The number of aliphatic hydroxyl groups excluding tert-OH is 1. The third-order valence-corrected chi connectivity index (χ3v) is 3.97. The molecule has 3 rings (SSSR count). The lowest BCUT2D eigenvalue weighted by molar-refractivity contribution is 0.185. The summed E-state index contributed by atoms with van der Waals surface area (Å²) >= 11 is 0. The maximum Gasteiger partial charge on any atom is 0.262 e. The Kier molecular flexibility index (Phi) is 5.42. The molecule has 0 spiro atoms. The number of aliphatic hydroxyl groups is 1. The minimum Gasteiger partial charge on any atom is -0.395 e. The highest BCUT2D eigenvalue weighted by atomic mass is 16.5. The molecule has 0 amide bonds. The maximum absolute atomic E-state index is 12.6. The van der Waals surface area contributed by atoms with E-state index < -0.39 is 0 Å². The highest BCUT2D eigenvalue weighted by molar-refractivity contribution is 5.78. The minimum absolute atomic E-state index is 0.125. The summed E-state index contributed by atoms with van der Waals surface area (Å²) in [7, 11) is 1.67. The second-order valence-electron chi connectivity index (χ2n) is 5.74. The summed E-state index contributed by atoms with van der Waals surface area (Å²) in [5.41, 5.74) is 2.65. The molecule has 0 aliphatic rings. The number of rotatable bonds is 7. The molecular weight excluding hydrogens is 318 g/mol. The van der Waals surface area contributed by atoms with Gasteiger partial charge in [0.05, 0.1) is 30.7 Å². The van der Waals surface area contributed by atoms with E-state index in [2.05, 4.69) is 10.3 Å². The summed E-state index contributed by atoms with van der Waals surface area (Å²) < 4.78 is 6.58. The zero-order valence-corrected chi connectivity index (χ0v) is 14.1. The van der Waals surface area contributed by atoms with E-state index in [1.807, 2.05) is 42.5 Å². The Morgan fingerprint density at radius 1 is 1.12 bits per heavy atom. The second kappa shape index (κ2) is 7.92. The van der Waals surface area contributed by atoms with Crippen molar-refractivity contribution >= 4 is 16.9 Å². The molecule has 0 saturated carbocycles. The van der Waals surface area contributed by atoms with Crippen LogP contribution >= 0.6 is 0 Å². The molecule has 0 atom stereocenters. The van der Waals surface area contributed by atoms with Crippen molar-refractivity contribution in [2.75, 3.05) is 19.0 Å². The quantitative estimate of drug-likeness (QED) is 0.690.